The minimum Gasteiger partial charge on any atom is -0.392 e. The fourth-order valence-corrected chi connectivity index (χ4v) is 1.43. The van der Waals surface area contributed by atoms with Crippen molar-refractivity contribution < 1.29 is 23.0 Å². The third kappa shape index (κ3) is 6.12. The summed E-state index contributed by atoms with van der Waals surface area (Å²) in [5.74, 6) is 0. The summed E-state index contributed by atoms with van der Waals surface area (Å²) in [5, 5.41) is 19.3. The van der Waals surface area contributed by atoms with Gasteiger partial charge in [0, 0.05) is 16.7 Å². The Morgan fingerprint density at radius 2 is 1.83 bits per heavy atom. The van der Waals surface area contributed by atoms with Crippen molar-refractivity contribution >= 4 is 39.0 Å². The van der Waals surface area contributed by atoms with Gasteiger partial charge in [0.15, 0.2) is 0 Å². The molecule has 0 aliphatic rings. The van der Waals surface area contributed by atoms with Crippen molar-refractivity contribution in [1.82, 2.24) is 0 Å². The molecule has 1 aromatic rings. The van der Waals surface area contributed by atoms with Gasteiger partial charge in [-0.25, -0.2) is 0 Å². The van der Waals surface area contributed by atoms with Gasteiger partial charge in [-0.3, -0.25) is 14.7 Å². The topological polar surface area (TPSA) is 118 Å². The molecule has 0 atom stereocenters. The van der Waals surface area contributed by atoms with Gasteiger partial charge in [-0.2, -0.15) is 8.42 Å². The van der Waals surface area contributed by atoms with Crippen LogP contribution in [0.3, 0.4) is 0 Å². The molecule has 0 heterocycles. The number of benzene rings is 1. The van der Waals surface area contributed by atoms with Gasteiger partial charge in [0.05, 0.1) is 17.8 Å². The number of hydrogen-bond donors (Lipinski definition) is 2. The maximum atomic E-state index is 10.4. The molecule has 0 saturated heterocycles. The summed E-state index contributed by atoms with van der Waals surface area (Å²) in [6.45, 7) is -0.417. The van der Waals surface area contributed by atoms with Gasteiger partial charge in [-0.15, -0.1) is 0 Å². The predicted octanol–water partition coefficient (Wildman–Crippen LogP) is 1.90. The second-order valence-corrected chi connectivity index (χ2v) is 5.26. The zero-order valence-electron chi connectivity index (χ0n) is 9.00. The van der Waals surface area contributed by atoms with Crippen molar-refractivity contribution in [2.75, 3.05) is 6.26 Å². The Morgan fingerprint density at radius 3 is 2.17 bits per heavy atom. The number of rotatable bonds is 2. The first-order valence-electron chi connectivity index (χ1n) is 4.22. The molecule has 10 heteroatoms. The van der Waals surface area contributed by atoms with Gasteiger partial charge in [-0.1, -0.05) is 23.2 Å². The van der Waals surface area contributed by atoms with E-state index in [2.05, 4.69) is 0 Å². The SMILES string of the molecule is CS(=O)(=O)O.O=[N+]([O-])c1ccc(Cl)c(CO)c1Cl. The molecule has 0 radical (unpaired) electrons. The molecule has 18 heavy (non-hydrogen) atoms. The first-order chi connectivity index (χ1) is 8.07. The zero-order chi connectivity index (χ0) is 14.5. The molecule has 7 nitrogen and oxygen atoms in total. The van der Waals surface area contributed by atoms with Crippen molar-refractivity contribution in [3.63, 3.8) is 0 Å². The Kier molecular flexibility index (Phi) is 6.50. The summed E-state index contributed by atoms with van der Waals surface area (Å²) in [6, 6.07) is 2.53. The maximum Gasteiger partial charge on any atom is 0.288 e. The molecule has 0 aliphatic carbocycles. The molecular weight excluding hydrogens is 309 g/mol. The van der Waals surface area contributed by atoms with E-state index in [1.54, 1.807) is 0 Å². The summed E-state index contributed by atoms with van der Waals surface area (Å²) in [5.41, 5.74) is -0.0762. The Bertz CT molecular complexity index is 537. The fraction of sp³-hybridized carbons (Fsp3) is 0.250. The molecule has 0 saturated carbocycles. The van der Waals surface area contributed by atoms with Crippen LogP contribution in [0.15, 0.2) is 12.1 Å². The highest BCUT2D eigenvalue weighted by molar-refractivity contribution is 7.85. The molecule has 0 aliphatic heterocycles. The standard InChI is InChI=1S/C7H5Cl2NO3.CH4O3S/c8-5-1-2-6(10(12)13)7(9)4(5)3-11;1-5(2,3)4/h1-2,11H,3H2;1H3,(H,2,3,4). The quantitative estimate of drug-likeness (QED) is 0.488. The molecule has 1 aromatic carbocycles. The van der Waals surface area contributed by atoms with Gasteiger partial charge in [0.25, 0.3) is 15.8 Å². The van der Waals surface area contributed by atoms with Crippen LogP contribution >= 0.6 is 23.2 Å². The molecule has 0 aromatic heterocycles. The molecule has 1 rings (SSSR count). The van der Waals surface area contributed by atoms with Crippen molar-refractivity contribution in [3.8, 4) is 0 Å². The number of aliphatic hydroxyl groups is 1. The molecule has 0 unspecified atom stereocenters. The minimum absolute atomic E-state index is 0.111. The van der Waals surface area contributed by atoms with Crippen LogP contribution in [0.4, 0.5) is 5.69 Å². The van der Waals surface area contributed by atoms with E-state index >= 15 is 0 Å². The third-order valence-corrected chi connectivity index (χ3v) is 2.30. The molecule has 0 amide bonds. The molecule has 102 valence electrons. The fourth-order valence-electron chi connectivity index (χ4n) is 0.871. The highest BCUT2D eigenvalue weighted by Gasteiger charge is 2.17. The number of halogens is 2. The number of nitro benzene ring substituents is 1. The van der Waals surface area contributed by atoms with E-state index in [9.17, 15) is 18.5 Å². The van der Waals surface area contributed by atoms with Crippen molar-refractivity contribution in [2.45, 2.75) is 6.61 Å². The molecule has 2 N–H and O–H groups in total. The van der Waals surface area contributed by atoms with Gasteiger partial charge in [0.1, 0.15) is 5.02 Å². The predicted molar refractivity (Wildman–Crippen MR) is 66.5 cm³/mol. The van der Waals surface area contributed by atoms with Crippen LogP contribution in [0, 0.1) is 10.1 Å². The van der Waals surface area contributed by atoms with Crippen LogP contribution in [-0.2, 0) is 16.7 Å². The average molecular weight is 318 g/mol. The highest BCUT2D eigenvalue weighted by Crippen LogP contribution is 2.32. The van der Waals surface area contributed by atoms with E-state index in [0.29, 0.717) is 6.26 Å². The maximum absolute atomic E-state index is 10.4. The van der Waals surface area contributed by atoms with Crippen LogP contribution in [0.5, 0.6) is 0 Å². The normalized spacial score (nSPS) is 10.5. The number of hydrogen-bond acceptors (Lipinski definition) is 5. The third-order valence-electron chi connectivity index (χ3n) is 1.52. The highest BCUT2D eigenvalue weighted by atomic mass is 35.5. The van der Waals surface area contributed by atoms with Gasteiger partial charge in [-0.05, 0) is 6.07 Å². The lowest BCUT2D eigenvalue weighted by Crippen LogP contribution is -1.94. The van der Waals surface area contributed by atoms with E-state index in [0.717, 1.165) is 0 Å². The van der Waals surface area contributed by atoms with Crippen LogP contribution in [0.1, 0.15) is 5.56 Å². The monoisotopic (exact) mass is 317 g/mol. The molecule has 0 fully saturated rings. The van der Waals surface area contributed by atoms with Gasteiger partial charge < -0.3 is 5.11 Å². The second kappa shape index (κ2) is 6.86. The first kappa shape index (κ1) is 17.1. The number of nitrogens with zero attached hydrogens (tertiary/aromatic N) is 1. The molecule has 0 spiro atoms. The van der Waals surface area contributed by atoms with E-state index in [1.807, 2.05) is 0 Å². The van der Waals surface area contributed by atoms with Crippen molar-refractivity contribution in [3.05, 3.63) is 37.9 Å². The van der Waals surface area contributed by atoms with E-state index < -0.39 is 21.6 Å². The van der Waals surface area contributed by atoms with Crippen LogP contribution in [0.25, 0.3) is 0 Å². The van der Waals surface area contributed by atoms with Gasteiger partial charge >= 0.3 is 0 Å². The largest absolute Gasteiger partial charge is 0.392 e. The summed E-state index contributed by atoms with van der Waals surface area (Å²) in [6.07, 6.45) is 0.715. The number of nitro groups is 1. The zero-order valence-corrected chi connectivity index (χ0v) is 11.3. The van der Waals surface area contributed by atoms with E-state index in [-0.39, 0.29) is 21.3 Å². The Balaban J connectivity index is 0.000000494. The van der Waals surface area contributed by atoms with Gasteiger partial charge in [0.2, 0.25) is 0 Å². The smallest absolute Gasteiger partial charge is 0.288 e. The Morgan fingerprint density at radius 1 is 1.39 bits per heavy atom. The Labute approximate surface area is 113 Å². The lowest BCUT2D eigenvalue weighted by atomic mass is 10.2. The lowest BCUT2D eigenvalue weighted by molar-refractivity contribution is -0.384. The van der Waals surface area contributed by atoms with E-state index in [4.69, 9.17) is 32.9 Å². The minimum atomic E-state index is -3.67. The summed E-state index contributed by atoms with van der Waals surface area (Å²) >= 11 is 11.3. The van der Waals surface area contributed by atoms with Crippen LogP contribution in [-0.4, -0.2) is 29.3 Å². The second-order valence-electron chi connectivity index (χ2n) is 3.01. The van der Waals surface area contributed by atoms with Crippen molar-refractivity contribution in [1.29, 1.82) is 0 Å². The summed E-state index contributed by atoms with van der Waals surface area (Å²) in [7, 11) is -3.67. The van der Waals surface area contributed by atoms with Crippen molar-refractivity contribution in [2.24, 2.45) is 0 Å². The van der Waals surface area contributed by atoms with E-state index in [1.165, 1.54) is 12.1 Å². The first-order valence-corrected chi connectivity index (χ1v) is 6.83. The lowest BCUT2D eigenvalue weighted by Gasteiger charge is -2.02. The van der Waals surface area contributed by atoms with Crippen LogP contribution < -0.4 is 0 Å². The average Bonchev–Trinajstić information content (AvgIpc) is 2.14. The number of aliphatic hydroxyl groups excluding tert-OH is 1. The molecule has 0 bridgehead atoms. The van der Waals surface area contributed by atoms with Crippen LogP contribution in [0.2, 0.25) is 10.0 Å². The summed E-state index contributed by atoms with van der Waals surface area (Å²) in [4.78, 5) is 9.77. The molecular formula is C8H9Cl2NO6S. The Hall–Kier alpha value is -0.930. The summed E-state index contributed by atoms with van der Waals surface area (Å²) < 4.78 is 25.9.